The van der Waals surface area contributed by atoms with E-state index in [1.807, 2.05) is 10.9 Å². The molecule has 0 bridgehead atoms. The summed E-state index contributed by atoms with van der Waals surface area (Å²) in [5.74, 6) is 0.436. The van der Waals surface area contributed by atoms with Gasteiger partial charge in [-0.05, 0) is 25.7 Å². The van der Waals surface area contributed by atoms with E-state index < -0.39 is 0 Å². The second kappa shape index (κ2) is 5.96. The molecule has 1 fully saturated rings. The van der Waals surface area contributed by atoms with Gasteiger partial charge in [-0.2, -0.15) is 0 Å². The summed E-state index contributed by atoms with van der Waals surface area (Å²) in [6.07, 6.45) is 6.04. The third-order valence-electron chi connectivity index (χ3n) is 2.95. The van der Waals surface area contributed by atoms with Crippen LogP contribution in [-0.2, 0) is 11.3 Å². The number of aliphatic hydroxyl groups excluding tert-OH is 1. The van der Waals surface area contributed by atoms with E-state index in [0.29, 0.717) is 5.92 Å². The maximum absolute atomic E-state index is 8.66. The molecule has 1 atom stereocenters. The molecule has 2 heterocycles. The smallest absolute Gasteiger partial charge is 0.0881 e. The molecule has 0 radical (unpaired) electrons. The molecule has 0 amide bonds. The van der Waals surface area contributed by atoms with Crippen LogP contribution in [0.3, 0.4) is 0 Å². The van der Waals surface area contributed by atoms with Gasteiger partial charge in [0, 0.05) is 31.9 Å². The molecule has 0 saturated carbocycles. The van der Waals surface area contributed by atoms with E-state index in [1.54, 1.807) is 0 Å². The predicted molar refractivity (Wildman–Crippen MR) is 59.1 cm³/mol. The Hall–Kier alpha value is -0.940. The van der Waals surface area contributed by atoms with Crippen molar-refractivity contribution in [3.8, 4) is 0 Å². The lowest BCUT2D eigenvalue weighted by Crippen LogP contribution is -1.99. The van der Waals surface area contributed by atoms with Crippen LogP contribution < -0.4 is 0 Å². The highest BCUT2D eigenvalue weighted by molar-refractivity contribution is 5.03. The van der Waals surface area contributed by atoms with Crippen molar-refractivity contribution in [2.45, 2.75) is 38.1 Å². The Kier molecular flexibility index (Phi) is 4.30. The fraction of sp³-hybridized carbons (Fsp3) is 0.818. The molecular formula is C11H19N3O2. The Balaban J connectivity index is 1.77. The number of rotatable bonds is 6. The van der Waals surface area contributed by atoms with Crippen molar-refractivity contribution in [3.63, 3.8) is 0 Å². The van der Waals surface area contributed by atoms with Crippen LogP contribution in [0.1, 0.15) is 37.3 Å². The van der Waals surface area contributed by atoms with E-state index in [1.165, 1.54) is 0 Å². The van der Waals surface area contributed by atoms with Crippen LogP contribution in [0.25, 0.3) is 0 Å². The first-order chi connectivity index (χ1) is 7.90. The number of hydrogen-bond acceptors (Lipinski definition) is 4. The van der Waals surface area contributed by atoms with Crippen molar-refractivity contribution >= 4 is 0 Å². The zero-order valence-electron chi connectivity index (χ0n) is 9.51. The van der Waals surface area contributed by atoms with E-state index in [-0.39, 0.29) is 6.61 Å². The van der Waals surface area contributed by atoms with Gasteiger partial charge in [-0.1, -0.05) is 5.21 Å². The average molecular weight is 225 g/mol. The van der Waals surface area contributed by atoms with Gasteiger partial charge in [0.25, 0.3) is 0 Å². The van der Waals surface area contributed by atoms with Crippen molar-refractivity contribution in [1.29, 1.82) is 0 Å². The quantitative estimate of drug-likeness (QED) is 0.732. The first-order valence-corrected chi connectivity index (χ1v) is 5.99. The largest absolute Gasteiger partial charge is 0.396 e. The Bertz CT molecular complexity index is 308. The van der Waals surface area contributed by atoms with Gasteiger partial charge in [-0.15, -0.1) is 5.10 Å². The lowest BCUT2D eigenvalue weighted by molar-refractivity contribution is 0.193. The second-order valence-electron chi connectivity index (χ2n) is 4.25. The summed E-state index contributed by atoms with van der Waals surface area (Å²) in [5, 5.41) is 17.0. The molecule has 1 N–H and O–H groups in total. The topological polar surface area (TPSA) is 60.2 Å². The summed E-state index contributed by atoms with van der Waals surface area (Å²) < 4.78 is 7.22. The summed E-state index contributed by atoms with van der Waals surface area (Å²) in [4.78, 5) is 0. The second-order valence-corrected chi connectivity index (χ2v) is 4.25. The minimum Gasteiger partial charge on any atom is -0.396 e. The van der Waals surface area contributed by atoms with Crippen molar-refractivity contribution in [1.82, 2.24) is 15.0 Å². The monoisotopic (exact) mass is 225 g/mol. The molecule has 0 spiro atoms. The van der Waals surface area contributed by atoms with E-state index in [0.717, 1.165) is 51.1 Å². The Morgan fingerprint density at radius 2 is 2.38 bits per heavy atom. The van der Waals surface area contributed by atoms with Gasteiger partial charge in [-0.25, -0.2) is 0 Å². The van der Waals surface area contributed by atoms with Gasteiger partial charge >= 0.3 is 0 Å². The SMILES string of the molecule is OCCCCCn1cc([C@@H]2CCOC2)nn1. The maximum Gasteiger partial charge on any atom is 0.0881 e. The fourth-order valence-corrected chi connectivity index (χ4v) is 1.94. The molecule has 16 heavy (non-hydrogen) atoms. The predicted octanol–water partition coefficient (Wildman–Crippen LogP) is 0.945. The summed E-state index contributed by atoms with van der Waals surface area (Å²) >= 11 is 0. The number of aryl methyl sites for hydroxylation is 1. The summed E-state index contributed by atoms with van der Waals surface area (Å²) in [6.45, 7) is 2.79. The molecule has 1 aromatic rings. The molecule has 0 aliphatic carbocycles. The van der Waals surface area contributed by atoms with Crippen molar-refractivity contribution in [2.24, 2.45) is 0 Å². The highest BCUT2D eigenvalue weighted by atomic mass is 16.5. The third-order valence-corrected chi connectivity index (χ3v) is 2.95. The van der Waals surface area contributed by atoms with Crippen LogP contribution in [0.4, 0.5) is 0 Å². The fourth-order valence-electron chi connectivity index (χ4n) is 1.94. The van der Waals surface area contributed by atoms with E-state index >= 15 is 0 Å². The van der Waals surface area contributed by atoms with Crippen molar-refractivity contribution in [3.05, 3.63) is 11.9 Å². The maximum atomic E-state index is 8.66. The lowest BCUT2D eigenvalue weighted by Gasteiger charge is -2.01. The number of nitrogens with zero attached hydrogens (tertiary/aromatic N) is 3. The van der Waals surface area contributed by atoms with Gasteiger partial charge in [0.2, 0.25) is 0 Å². The van der Waals surface area contributed by atoms with Crippen LogP contribution in [0.5, 0.6) is 0 Å². The number of aliphatic hydroxyl groups is 1. The summed E-state index contributed by atoms with van der Waals surface area (Å²) in [6, 6.07) is 0. The minimum absolute atomic E-state index is 0.280. The van der Waals surface area contributed by atoms with Crippen molar-refractivity contribution < 1.29 is 9.84 Å². The van der Waals surface area contributed by atoms with Gasteiger partial charge in [0.15, 0.2) is 0 Å². The molecule has 1 saturated heterocycles. The van der Waals surface area contributed by atoms with Gasteiger partial charge in [-0.3, -0.25) is 4.68 Å². The van der Waals surface area contributed by atoms with E-state index in [2.05, 4.69) is 10.3 Å². The Labute approximate surface area is 95.4 Å². The van der Waals surface area contributed by atoms with Gasteiger partial charge < -0.3 is 9.84 Å². The molecule has 1 aliphatic rings. The van der Waals surface area contributed by atoms with E-state index in [9.17, 15) is 0 Å². The summed E-state index contributed by atoms with van der Waals surface area (Å²) in [5.41, 5.74) is 1.06. The van der Waals surface area contributed by atoms with Gasteiger partial charge in [0.1, 0.15) is 0 Å². The third kappa shape index (κ3) is 3.02. The van der Waals surface area contributed by atoms with Crippen LogP contribution in [0.15, 0.2) is 6.20 Å². The van der Waals surface area contributed by atoms with Crippen LogP contribution in [0, 0.1) is 0 Å². The standard InChI is InChI=1S/C11H19N3O2/c15-6-3-1-2-5-14-8-11(12-13-14)10-4-7-16-9-10/h8,10,15H,1-7,9H2/t10-/m1/s1. The molecule has 5 heteroatoms. The molecule has 5 nitrogen and oxygen atoms in total. The molecular weight excluding hydrogens is 206 g/mol. The number of ether oxygens (including phenoxy) is 1. The molecule has 0 aromatic carbocycles. The highest BCUT2D eigenvalue weighted by Crippen LogP contribution is 2.22. The zero-order chi connectivity index (χ0) is 11.2. The molecule has 1 aromatic heterocycles. The summed E-state index contributed by atoms with van der Waals surface area (Å²) in [7, 11) is 0. The molecule has 0 unspecified atom stereocenters. The number of unbranched alkanes of at least 4 members (excludes halogenated alkanes) is 2. The number of hydrogen-bond donors (Lipinski definition) is 1. The minimum atomic E-state index is 0.280. The average Bonchev–Trinajstić information content (AvgIpc) is 2.94. The lowest BCUT2D eigenvalue weighted by atomic mass is 10.1. The van der Waals surface area contributed by atoms with Gasteiger partial charge in [0.05, 0.1) is 12.3 Å². The molecule has 2 rings (SSSR count). The van der Waals surface area contributed by atoms with E-state index in [4.69, 9.17) is 9.84 Å². The first kappa shape index (κ1) is 11.5. The van der Waals surface area contributed by atoms with Crippen LogP contribution >= 0.6 is 0 Å². The van der Waals surface area contributed by atoms with Crippen molar-refractivity contribution in [2.75, 3.05) is 19.8 Å². The Morgan fingerprint density at radius 1 is 1.44 bits per heavy atom. The number of aromatic nitrogens is 3. The van der Waals surface area contributed by atoms with Crippen LogP contribution in [0.2, 0.25) is 0 Å². The van der Waals surface area contributed by atoms with Crippen LogP contribution in [-0.4, -0.2) is 39.9 Å². The Morgan fingerprint density at radius 3 is 3.12 bits per heavy atom. The zero-order valence-corrected chi connectivity index (χ0v) is 9.51. The molecule has 90 valence electrons. The first-order valence-electron chi connectivity index (χ1n) is 5.99. The molecule has 1 aliphatic heterocycles. The normalized spacial score (nSPS) is 20.4. The highest BCUT2D eigenvalue weighted by Gasteiger charge is 2.20.